The van der Waals surface area contributed by atoms with Crippen LogP contribution in [0.25, 0.3) is 0 Å². The average molecular weight is 370 g/mol. The normalized spacial score (nSPS) is 13.7. The lowest BCUT2D eigenvalue weighted by molar-refractivity contribution is -0.274. The highest BCUT2D eigenvalue weighted by atomic mass is 35.5. The van der Waals surface area contributed by atoms with Gasteiger partial charge in [-0.05, 0) is 29.3 Å². The number of benzene rings is 2. The van der Waals surface area contributed by atoms with Crippen LogP contribution in [0.1, 0.15) is 22.7 Å². The smallest absolute Gasteiger partial charge is 0.406 e. The van der Waals surface area contributed by atoms with Crippen molar-refractivity contribution in [2.45, 2.75) is 18.6 Å². The summed E-state index contributed by atoms with van der Waals surface area (Å²) in [4.78, 5) is 0. The van der Waals surface area contributed by atoms with E-state index >= 15 is 0 Å². The quantitative estimate of drug-likeness (QED) is 0.745. The molecule has 9 heteroatoms. The van der Waals surface area contributed by atoms with Crippen LogP contribution in [0.5, 0.6) is 5.75 Å². The van der Waals surface area contributed by atoms with Gasteiger partial charge in [0.25, 0.3) is 0 Å². The minimum atomic E-state index is -4.84. The summed E-state index contributed by atoms with van der Waals surface area (Å²) in [7, 11) is 0. The second-order valence-corrected chi connectivity index (χ2v) is 5.18. The van der Waals surface area contributed by atoms with Crippen molar-refractivity contribution in [3.63, 3.8) is 0 Å². The number of hydrogen-bond donors (Lipinski definition) is 1. The Labute approximate surface area is 137 Å². The predicted octanol–water partition coefficient (Wildman–Crippen LogP) is 5.31. The van der Waals surface area contributed by atoms with Crippen LogP contribution >= 0.6 is 11.6 Å². The number of nitrogens with two attached hydrogens (primary N) is 1. The topological polar surface area (TPSA) is 35.2 Å². The molecule has 0 aliphatic heterocycles. The Bertz CT molecular complexity index is 711. The summed E-state index contributed by atoms with van der Waals surface area (Å²) in [6.07, 6.45) is -9.48. The van der Waals surface area contributed by atoms with Crippen molar-refractivity contribution in [3.8, 4) is 5.75 Å². The Kier molecular flexibility index (Phi) is 5.00. The highest BCUT2D eigenvalue weighted by molar-refractivity contribution is 6.32. The molecule has 0 fully saturated rings. The summed E-state index contributed by atoms with van der Waals surface area (Å²) in [5.74, 6) is -0.464. The van der Waals surface area contributed by atoms with E-state index in [1.807, 2.05) is 0 Å². The molecular formula is C15H10ClF6NO. The van der Waals surface area contributed by atoms with E-state index in [1.165, 1.54) is 18.2 Å². The fraction of sp³-hybridized carbons (Fsp3) is 0.200. The first kappa shape index (κ1) is 18.4. The number of ether oxygens (including phenoxy) is 1. The fourth-order valence-corrected chi connectivity index (χ4v) is 2.42. The van der Waals surface area contributed by atoms with Crippen LogP contribution in [0.2, 0.25) is 5.02 Å². The van der Waals surface area contributed by atoms with Crippen molar-refractivity contribution in [2.24, 2.45) is 5.73 Å². The lowest BCUT2D eigenvalue weighted by Crippen LogP contribution is -2.17. The summed E-state index contributed by atoms with van der Waals surface area (Å²) < 4.78 is 78.6. The van der Waals surface area contributed by atoms with Gasteiger partial charge in [0.2, 0.25) is 0 Å². The number of hydrogen-bond acceptors (Lipinski definition) is 2. The molecule has 2 rings (SSSR count). The predicted molar refractivity (Wildman–Crippen MR) is 75.6 cm³/mol. The molecule has 0 aromatic heterocycles. The largest absolute Gasteiger partial charge is 0.573 e. The van der Waals surface area contributed by atoms with Crippen molar-refractivity contribution in [1.29, 1.82) is 0 Å². The standard InChI is InChI=1S/C15H10ClF6NO/c16-12-10(2-1-3-11(12)14(17,18)19)13(23)8-4-6-9(7-5-8)24-15(20,21)22/h1-7,13H,23H2/t13-/m1/s1. The SMILES string of the molecule is N[C@H](c1ccc(OC(F)(F)F)cc1)c1cccc(C(F)(F)F)c1Cl. The van der Waals surface area contributed by atoms with Gasteiger partial charge in [-0.3, -0.25) is 0 Å². The number of rotatable bonds is 3. The number of halogens is 7. The maximum Gasteiger partial charge on any atom is 0.573 e. The van der Waals surface area contributed by atoms with Gasteiger partial charge in [-0.2, -0.15) is 13.2 Å². The van der Waals surface area contributed by atoms with E-state index in [4.69, 9.17) is 17.3 Å². The maximum absolute atomic E-state index is 12.9. The van der Waals surface area contributed by atoms with Gasteiger partial charge in [0, 0.05) is 0 Å². The van der Waals surface area contributed by atoms with Gasteiger partial charge in [-0.1, -0.05) is 35.9 Å². The van der Waals surface area contributed by atoms with Crippen LogP contribution in [0, 0.1) is 0 Å². The first-order valence-corrected chi connectivity index (χ1v) is 6.84. The second-order valence-electron chi connectivity index (χ2n) is 4.80. The van der Waals surface area contributed by atoms with Crippen LogP contribution in [0.15, 0.2) is 42.5 Å². The van der Waals surface area contributed by atoms with E-state index in [1.54, 1.807) is 0 Å². The van der Waals surface area contributed by atoms with Crippen molar-refractivity contribution < 1.29 is 31.1 Å². The van der Waals surface area contributed by atoms with Crippen molar-refractivity contribution in [3.05, 3.63) is 64.2 Å². The minimum absolute atomic E-state index is 0.0102. The van der Waals surface area contributed by atoms with Crippen LogP contribution in [0.4, 0.5) is 26.3 Å². The van der Waals surface area contributed by atoms with Crippen molar-refractivity contribution >= 4 is 11.6 Å². The van der Waals surface area contributed by atoms with E-state index < -0.39 is 34.9 Å². The van der Waals surface area contributed by atoms with Crippen molar-refractivity contribution in [1.82, 2.24) is 0 Å². The van der Waals surface area contributed by atoms with Gasteiger partial charge < -0.3 is 10.5 Å². The molecule has 2 nitrogen and oxygen atoms in total. The minimum Gasteiger partial charge on any atom is -0.406 e. The van der Waals surface area contributed by atoms with Crippen LogP contribution < -0.4 is 10.5 Å². The molecule has 0 bridgehead atoms. The van der Waals surface area contributed by atoms with Crippen LogP contribution in [-0.4, -0.2) is 6.36 Å². The Hall–Kier alpha value is -1.93. The third kappa shape index (κ3) is 4.33. The average Bonchev–Trinajstić information content (AvgIpc) is 2.44. The zero-order chi connectivity index (χ0) is 18.1. The molecule has 130 valence electrons. The summed E-state index contributed by atoms with van der Waals surface area (Å²) in [6.45, 7) is 0. The summed E-state index contributed by atoms with van der Waals surface area (Å²) in [5.41, 5.74) is 5.15. The Morgan fingerprint density at radius 1 is 0.917 bits per heavy atom. The van der Waals surface area contributed by atoms with E-state index in [2.05, 4.69) is 4.74 Å². The second kappa shape index (κ2) is 6.52. The third-order valence-electron chi connectivity index (χ3n) is 3.14. The van der Waals surface area contributed by atoms with Gasteiger partial charge in [0.1, 0.15) is 5.75 Å². The van der Waals surface area contributed by atoms with Gasteiger partial charge in [0.05, 0.1) is 16.6 Å². The van der Waals surface area contributed by atoms with Gasteiger partial charge in [0.15, 0.2) is 0 Å². The summed E-state index contributed by atoms with van der Waals surface area (Å²) in [6, 6.07) is 6.74. The van der Waals surface area contributed by atoms with E-state index in [-0.39, 0.29) is 11.1 Å². The molecule has 0 radical (unpaired) electrons. The Balaban J connectivity index is 2.31. The van der Waals surface area contributed by atoms with Crippen LogP contribution in [-0.2, 0) is 6.18 Å². The highest BCUT2D eigenvalue weighted by Gasteiger charge is 2.34. The Morgan fingerprint density at radius 3 is 2.00 bits per heavy atom. The maximum atomic E-state index is 12.9. The van der Waals surface area contributed by atoms with Gasteiger partial charge in [-0.15, -0.1) is 13.2 Å². The molecule has 0 saturated heterocycles. The zero-order valence-electron chi connectivity index (χ0n) is 11.8. The molecule has 2 aromatic rings. The highest BCUT2D eigenvalue weighted by Crippen LogP contribution is 2.38. The van der Waals surface area contributed by atoms with E-state index in [0.29, 0.717) is 0 Å². The molecule has 1 atom stereocenters. The molecular weight excluding hydrogens is 360 g/mol. The molecule has 0 unspecified atom stereocenters. The molecule has 0 saturated carbocycles. The molecule has 0 aliphatic rings. The molecule has 0 heterocycles. The van der Waals surface area contributed by atoms with E-state index in [0.717, 1.165) is 24.3 Å². The summed E-state index contributed by atoms with van der Waals surface area (Å²) in [5, 5.41) is -0.548. The number of alkyl halides is 6. The monoisotopic (exact) mass is 369 g/mol. The third-order valence-corrected chi connectivity index (χ3v) is 3.56. The lowest BCUT2D eigenvalue weighted by Gasteiger charge is -2.18. The van der Waals surface area contributed by atoms with Crippen LogP contribution in [0.3, 0.4) is 0 Å². The van der Waals surface area contributed by atoms with Crippen molar-refractivity contribution in [2.75, 3.05) is 0 Å². The molecule has 0 spiro atoms. The molecule has 0 aliphatic carbocycles. The first-order valence-electron chi connectivity index (χ1n) is 6.46. The molecule has 24 heavy (non-hydrogen) atoms. The zero-order valence-corrected chi connectivity index (χ0v) is 12.5. The Morgan fingerprint density at radius 2 is 1.50 bits per heavy atom. The first-order chi connectivity index (χ1) is 11.0. The lowest BCUT2D eigenvalue weighted by atomic mass is 9.97. The van der Waals surface area contributed by atoms with Gasteiger partial charge >= 0.3 is 12.5 Å². The fourth-order valence-electron chi connectivity index (χ4n) is 2.07. The van der Waals surface area contributed by atoms with Gasteiger partial charge in [-0.25, -0.2) is 0 Å². The van der Waals surface area contributed by atoms with E-state index in [9.17, 15) is 26.3 Å². The summed E-state index contributed by atoms with van der Waals surface area (Å²) >= 11 is 5.78. The molecule has 2 aromatic carbocycles. The molecule has 0 amide bonds. The molecule has 2 N–H and O–H groups in total.